The normalized spacial score (nSPS) is 14.4. The summed E-state index contributed by atoms with van der Waals surface area (Å²) in [7, 11) is 1.64. The van der Waals surface area contributed by atoms with E-state index in [-0.39, 0.29) is 17.9 Å². The largest absolute Gasteiger partial charge is 0.496 e. The molecule has 3 heterocycles. The van der Waals surface area contributed by atoms with E-state index in [1.165, 1.54) is 5.57 Å². The van der Waals surface area contributed by atoms with Crippen molar-refractivity contribution in [1.29, 1.82) is 0 Å². The zero-order valence-corrected chi connectivity index (χ0v) is 26.6. The molecule has 0 unspecified atom stereocenters. The number of methoxy groups -OCH3 is 1. The Morgan fingerprint density at radius 3 is 2.44 bits per heavy atom. The van der Waals surface area contributed by atoms with Crippen LogP contribution < -0.4 is 4.74 Å². The molecule has 6 rings (SSSR count). The standard InChI is InChI=1S/C36H38ClN5O3/c1-24(43)40(22-27-8-4-7-11-36(27)45-3)23-30(18-28-20-38-34-10-6-5-9-31(28)34)42(25(2)44)41-16-14-26(15-17-41)33-21-39-35-13-12-29(37)19-32(33)35/h4-14,19-21,30,38-39H,15-18,22-23H2,1-3H3/t30-/m1/s1. The van der Waals surface area contributed by atoms with Crippen molar-refractivity contribution >= 4 is 50.8 Å². The first-order valence-electron chi connectivity index (χ1n) is 15.3. The van der Waals surface area contributed by atoms with Gasteiger partial charge in [0.1, 0.15) is 5.75 Å². The predicted octanol–water partition coefficient (Wildman–Crippen LogP) is 6.82. The molecule has 2 aromatic heterocycles. The van der Waals surface area contributed by atoms with Crippen LogP contribution in [0, 0.1) is 0 Å². The molecule has 0 saturated heterocycles. The quantitative estimate of drug-likeness (QED) is 0.179. The summed E-state index contributed by atoms with van der Waals surface area (Å²) in [6, 6.07) is 21.5. The first-order valence-corrected chi connectivity index (χ1v) is 15.6. The highest BCUT2D eigenvalue weighted by molar-refractivity contribution is 6.31. The zero-order valence-electron chi connectivity index (χ0n) is 25.8. The Bertz CT molecular complexity index is 1870. The topological polar surface area (TPSA) is 84.7 Å². The number of H-pyrrole nitrogens is 2. The average Bonchev–Trinajstić information content (AvgIpc) is 3.65. The van der Waals surface area contributed by atoms with Crippen LogP contribution in [0.1, 0.15) is 37.0 Å². The zero-order chi connectivity index (χ0) is 31.5. The van der Waals surface area contributed by atoms with Gasteiger partial charge in [0.05, 0.1) is 13.2 Å². The lowest BCUT2D eigenvalue weighted by atomic mass is 9.99. The summed E-state index contributed by atoms with van der Waals surface area (Å²) in [6.07, 6.45) is 7.59. The number of fused-ring (bicyclic) bond motifs is 2. The lowest BCUT2D eigenvalue weighted by Gasteiger charge is -2.43. The van der Waals surface area contributed by atoms with Crippen molar-refractivity contribution in [3.63, 3.8) is 0 Å². The molecule has 0 saturated carbocycles. The van der Waals surface area contributed by atoms with Gasteiger partial charge in [-0.3, -0.25) is 14.6 Å². The highest BCUT2D eigenvalue weighted by Gasteiger charge is 2.32. The summed E-state index contributed by atoms with van der Waals surface area (Å²) in [5, 5.41) is 6.90. The van der Waals surface area contributed by atoms with Crippen LogP contribution in [0.15, 0.2) is 85.2 Å². The Morgan fingerprint density at radius 1 is 0.933 bits per heavy atom. The van der Waals surface area contributed by atoms with Gasteiger partial charge in [0.15, 0.2) is 0 Å². The SMILES string of the molecule is COc1ccccc1CN(C[C@@H](Cc1c[nH]c2ccccc12)N(C(C)=O)N1CC=C(c2c[nH]c3ccc(Cl)cc23)CC1)C(C)=O. The maximum atomic E-state index is 13.5. The number of hydrazine groups is 1. The first-order chi connectivity index (χ1) is 21.8. The number of benzene rings is 3. The van der Waals surface area contributed by atoms with Crippen LogP contribution in [0.25, 0.3) is 27.4 Å². The monoisotopic (exact) mass is 623 g/mol. The third-order valence-electron chi connectivity index (χ3n) is 8.71. The van der Waals surface area contributed by atoms with Crippen molar-refractivity contribution in [3.05, 3.63) is 107 Å². The first kappa shape index (κ1) is 30.5. The summed E-state index contributed by atoms with van der Waals surface area (Å²) in [5.41, 5.74) is 6.46. The summed E-state index contributed by atoms with van der Waals surface area (Å²) in [5.74, 6) is 0.608. The maximum Gasteiger partial charge on any atom is 0.234 e. The number of ether oxygens (including phenoxy) is 1. The molecule has 0 spiro atoms. The van der Waals surface area contributed by atoms with Gasteiger partial charge < -0.3 is 19.6 Å². The van der Waals surface area contributed by atoms with Crippen LogP contribution in [0.2, 0.25) is 5.02 Å². The predicted molar refractivity (Wildman–Crippen MR) is 180 cm³/mol. The van der Waals surface area contributed by atoms with Gasteiger partial charge in [-0.25, -0.2) is 5.01 Å². The minimum Gasteiger partial charge on any atom is -0.496 e. The second kappa shape index (κ2) is 13.2. The van der Waals surface area contributed by atoms with Crippen LogP contribution >= 0.6 is 11.6 Å². The molecule has 0 bridgehead atoms. The van der Waals surface area contributed by atoms with Crippen molar-refractivity contribution in [2.75, 3.05) is 26.7 Å². The minimum absolute atomic E-state index is 0.0589. The van der Waals surface area contributed by atoms with Gasteiger partial charge in [-0.15, -0.1) is 0 Å². The van der Waals surface area contributed by atoms with E-state index in [1.807, 2.05) is 76.9 Å². The van der Waals surface area contributed by atoms with E-state index < -0.39 is 0 Å². The highest BCUT2D eigenvalue weighted by Crippen LogP contribution is 2.32. The van der Waals surface area contributed by atoms with Crippen molar-refractivity contribution in [2.45, 2.75) is 39.3 Å². The lowest BCUT2D eigenvalue weighted by molar-refractivity contribution is -0.155. The number of hydrogen-bond acceptors (Lipinski definition) is 4. The summed E-state index contributed by atoms with van der Waals surface area (Å²) in [4.78, 5) is 35.2. The molecule has 1 atom stereocenters. The van der Waals surface area contributed by atoms with Crippen LogP contribution in [0.4, 0.5) is 0 Å². The molecule has 5 aromatic rings. The number of halogens is 1. The molecule has 0 radical (unpaired) electrons. The Kier molecular flexibility index (Phi) is 8.96. The van der Waals surface area contributed by atoms with E-state index in [0.717, 1.165) is 50.7 Å². The number of aromatic amines is 2. The molecule has 2 N–H and O–H groups in total. The van der Waals surface area contributed by atoms with Crippen LogP contribution in [0.5, 0.6) is 5.75 Å². The van der Waals surface area contributed by atoms with Gasteiger partial charge in [0, 0.05) is 90.4 Å². The van der Waals surface area contributed by atoms with E-state index >= 15 is 0 Å². The number of nitrogens with one attached hydrogen (secondary N) is 2. The molecule has 1 aliphatic heterocycles. The number of amides is 2. The number of aromatic nitrogens is 2. The Labute approximate surface area is 268 Å². The molecule has 2 amide bonds. The number of rotatable bonds is 10. The van der Waals surface area contributed by atoms with E-state index in [1.54, 1.807) is 21.0 Å². The number of nitrogens with zero attached hydrogens (tertiary/aromatic N) is 3. The van der Waals surface area contributed by atoms with Crippen LogP contribution in [-0.2, 0) is 22.6 Å². The molecular weight excluding hydrogens is 586 g/mol. The summed E-state index contributed by atoms with van der Waals surface area (Å²) >= 11 is 6.32. The minimum atomic E-state index is -0.304. The number of carbonyl (C=O) groups is 2. The number of hydrogen-bond donors (Lipinski definition) is 2. The summed E-state index contributed by atoms with van der Waals surface area (Å²) in [6.45, 7) is 5.17. The molecule has 0 fully saturated rings. The number of carbonyl (C=O) groups excluding carboxylic acids is 2. The smallest absolute Gasteiger partial charge is 0.234 e. The van der Waals surface area contributed by atoms with Gasteiger partial charge in [0.2, 0.25) is 11.8 Å². The molecular formula is C36H38ClN5O3. The maximum absolute atomic E-state index is 13.5. The summed E-state index contributed by atoms with van der Waals surface area (Å²) < 4.78 is 5.59. The fraction of sp³-hybridized carbons (Fsp3) is 0.278. The van der Waals surface area contributed by atoms with E-state index in [2.05, 4.69) is 33.2 Å². The molecule has 45 heavy (non-hydrogen) atoms. The van der Waals surface area contributed by atoms with Gasteiger partial charge in [-0.2, -0.15) is 0 Å². The number of para-hydroxylation sites is 2. The molecule has 8 nitrogen and oxygen atoms in total. The fourth-order valence-corrected chi connectivity index (χ4v) is 6.70. The van der Waals surface area contributed by atoms with Crippen molar-refractivity contribution in [3.8, 4) is 5.75 Å². The Hall–Kier alpha value is -4.53. The average molecular weight is 624 g/mol. The van der Waals surface area contributed by atoms with E-state index in [9.17, 15) is 9.59 Å². The van der Waals surface area contributed by atoms with E-state index in [4.69, 9.17) is 16.3 Å². The van der Waals surface area contributed by atoms with Gasteiger partial charge in [-0.05, 0) is 54.3 Å². The van der Waals surface area contributed by atoms with Gasteiger partial charge in [-0.1, -0.05) is 54.1 Å². The van der Waals surface area contributed by atoms with Gasteiger partial charge in [0.25, 0.3) is 0 Å². The second-order valence-corrected chi connectivity index (χ2v) is 12.0. The highest BCUT2D eigenvalue weighted by atomic mass is 35.5. The fourth-order valence-electron chi connectivity index (χ4n) is 6.53. The van der Waals surface area contributed by atoms with Crippen molar-refractivity contribution in [1.82, 2.24) is 24.9 Å². The van der Waals surface area contributed by atoms with Crippen LogP contribution in [0.3, 0.4) is 0 Å². The molecule has 232 valence electrons. The van der Waals surface area contributed by atoms with Crippen molar-refractivity contribution < 1.29 is 14.3 Å². The van der Waals surface area contributed by atoms with E-state index in [0.29, 0.717) is 37.6 Å². The Balaban J connectivity index is 1.32. The van der Waals surface area contributed by atoms with Crippen molar-refractivity contribution in [2.24, 2.45) is 0 Å². The van der Waals surface area contributed by atoms with Crippen LogP contribution in [-0.4, -0.2) is 69.5 Å². The Morgan fingerprint density at radius 2 is 1.69 bits per heavy atom. The van der Waals surface area contributed by atoms with Gasteiger partial charge >= 0.3 is 0 Å². The second-order valence-electron chi connectivity index (χ2n) is 11.6. The third-order valence-corrected chi connectivity index (χ3v) is 8.95. The molecule has 3 aromatic carbocycles. The molecule has 9 heteroatoms. The third kappa shape index (κ3) is 6.48. The molecule has 0 aliphatic carbocycles. The lowest BCUT2D eigenvalue weighted by Crippen LogP contribution is -2.57. The molecule has 1 aliphatic rings.